The predicted octanol–water partition coefficient (Wildman–Crippen LogP) is 1.29. The van der Waals surface area contributed by atoms with Crippen LogP contribution in [0.5, 0.6) is 0 Å². The maximum absolute atomic E-state index is 12.8. The average molecular weight is 215 g/mol. The Morgan fingerprint density at radius 1 is 1.47 bits per heavy atom. The zero-order chi connectivity index (χ0) is 11.6. The van der Waals surface area contributed by atoms with Gasteiger partial charge in [-0.2, -0.15) is 8.78 Å². The van der Waals surface area contributed by atoms with Gasteiger partial charge in [-0.25, -0.2) is 4.79 Å². The first-order chi connectivity index (χ1) is 6.85. The van der Waals surface area contributed by atoms with Crippen LogP contribution in [0.1, 0.15) is 16.1 Å². The van der Waals surface area contributed by atoms with E-state index in [0.717, 1.165) is 6.07 Å². The summed E-state index contributed by atoms with van der Waals surface area (Å²) in [5, 5.41) is 8.14. The number of hydrogen-bond acceptors (Lipinski definition) is 3. The number of halogens is 2. The van der Waals surface area contributed by atoms with Crippen LogP contribution >= 0.6 is 0 Å². The minimum atomic E-state index is -4.43. The highest BCUT2D eigenvalue weighted by atomic mass is 19.3. The van der Waals surface area contributed by atoms with Crippen LogP contribution in [0, 0.1) is 6.92 Å². The van der Waals surface area contributed by atoms with Crippen molar-refractivity contribution in [3.8, 4) is 0 Å². The summed E-state index contributed by atoms with van der Waals surface area (Å²) >= 11 is 0. The van der Waals surface area contributed by atoms with Crippen LogP contribution in [0.4, 0.5) is 8.78 Å². The average Bonchev–Trinajstić information content (AvgIpc) is 2.16. The molecule has 0 bridgehead atoms. The Balaban J connectivity index is 3.10. The molecule has 0 saturated carbocycles. The molecule has 0 aliphatic rings. The van der Waals surface area contributed by atoms with Gasteiger partial charge in [0.1, 0.15) is 5.69 Å². The van der Waals surface area contributed by atoms with E-state index >= 15 is 0 Å². The molecule has 0 spiro atoms. The van der Waals surface area contributed by atoms with E-state index in [2.05, 4.69) is 4.98 Å². The zero-order valence-electron chi connectivity index (χ0n) is 7.70. The van der Waals surface area contributed by atoms with Crippen LogP contribution in [-0.4, -0.2) is 27.8 Å². The molecule has 1 heterocycles. The normalized spacial score (nSPS) is 11.1. The Morgan fingerprint density at radius 3 is 2.53 bits per heavy atom. The van der Waals surface area contributed by atoms with Crippen LogP contribution in [0.25, 0.3) is 0 Å². The van der Waals surface area contributed by atoms with Crippen molar-refractivity contribution in [1.82, 2.24) is 4.98 Å². The number of carboxylic acids is 1. The molecule has 1 aromatic rings. The standard InChI is InChI=1S/C9H7F2NO3/c1-5-2-3-12-6(4-5)7(13)9(10,11)8(14)15/h2-4H,1H3,(H,14,15). The summed E-state index contributed by atoms with van der Waals surface area (Å²) in [4.78, 5) is 24.6. The van der Waals surface area contributed by atoms with E-state index in [4.69, 9.17) is 5.11 Å². The van der Waals surface area contributed by atoms with Gasteiger partial charge in [0.25, 0.3) is 5.78 Å². The topological polar surface area (TPSA) is 67.3 Å². The van der Waals surface area contributed by atoms with Gasteiger partial charge >= 0.3 is 11.9 Å². The van der Waals surface area contributed by atoms with E-state index < -0.39 is 23.4 Å². The minimum Gasteiger partial charge on any atom is -0.476 e. The number of Topliss-reactive ketones (excluding diaryl/α,β-unsaturated/α-hetero) is 1. The minimum absolute atomic E-state index is 0.550. The molecule has 1 rings (SSSR count). The van der Waals surface area contributed by atoms with Crippen LogP contribution < -0.4 is 0 Å². The predicted molar refractivity (Wildman–Crippen MR) is 45.9 cm³/mol. The molecule has 0 aromatic carbocycles. The Hall–Kier alpha value is -1.85. The van der Waals surface area contributed by atoms with Crippen molar-refractivity contribution in [2.24, 2.45) is 0 Å². The van der Waals surface area contributed by atoms with Crippen molar-refractivity contribution >= 4 is 11.8 Å². The molecule has 0 fully saturated rings. The SMILES string of the molecule is Cc1ccnc(C(=O)C(F)(F)C(=O)O)c1. The Labute approximate surface area is 83.6 Å². The van der Waals surface area contributed by atoms with Gasteiger partial charge in [-0.05, 0) is 24.6 Å². The Kier molecular flexibility index (Phi) is 2.78. The number of aromatic nitrogens is 1. The molecule has 0 unspecified atom stereocenters. The summed E-state index contributed by atoms with van der Waals surface area (Å²) in [6.45, 7) is 1.58. The van der Waals surface area contributed by atoms with Gasteiger partial charge in [0, 0.05) is 6.20 Å². The molecule has 0 radical (unpaired) electrons. The maximum atomic E-state index is 12.8. The first kappa shape index (κ1) is 11.2. The van der Waals surface area contributed by atoms with E-state index in [9.17, 15) is 18.4 Å². The molecule has 0 aliphatic heterocycles. The van der Waals surface area contributed by atoms with E-state index in [1.165, 1.54) is 12.3 Å². The third kappa shape index (κ3) is 2.15. The fourth-order valence-electron chi connectivity index (χ4n) is 0.918. The molecule has 0 amide bonds. The summed E-state index contributed by atoms with van der Waals surface area (Å²) in [6, 6.07) is 2.62. The van der Waals surface area contributed by atoms with Crippen molar-refractivity contribution < 1.29 is 23.5 Å². The highest BCUT2D eigenvalue weighted by Crippen LogP contribution is 2.19. The number of alkyl halides is 2. The molecule has 0 aliphatic carbocycles. The second-order valence-electron chi connectivity index (χ2n) is 2.93. The third-order valence-corrected chi connectivity index (χ3v) is 1.70. The number of ketones is 1. The first-order valence-electron chi connectivity index (χ1n) is 3.94. The fraction of sp³-hybridized carbons (Fsp3) is 0.222. The number of carbonyl (C=O) groups is 2. The van der Waals surface area contributed by atoms with Gasteiger partial charge in [0.15, 0.2) is 0 Å². The van der Waals surface area contributed by atoms with E-state index in [1.54, 1.807) is 6.92 Å². The van der Waals surface area contributed by atoms with Crippen molar-refractivity contribution in [3.05, 3.63) is 29.6 Å². The summed E-state index contributed by atoms with van der Waals surface area (Å²) in [6.07, 6.45) is 1.17. The molecule has 6 heteroatoms. The van der Waals surface area contributed by atoms with Gasteiger partial charge in [-0.15, -0.1) is 0 Å². The number of aryl methyl sites for hydroxylation is 1. The molecule has 1 N–H and O–H groups in total. The highest BCUT2D eigenvalue weighted by molar-refractivity contribution is 6.12. The largest absolute Gasteiger partial charge is 0.476 e. The van der Waals surface area contributed by atoms with E-state index in [1.807, 2.05) is 0 Å². The van der Waals surface area contributed by atoms with Crippen molar-refractivity contribution in [2.45, 2.75) is 12.8 Å². The van der Waals surface area contributed by atoms with E-state index in [-0.39, 0.29) is 0 Å². The monoisotopic (exact) mass is 215 g/mol. The maximum Gasteiger partial charge on any atom is 0.405 e. The lowest BCUT2D eigenvalue weighted by molar-refractivity contribution is -0.157. The lowest BCUT2D eigenvalue weighted by atomic mass is 10.1. The van der Waals surface area contributed by atoms with Crippen molar-refractivity contribution in [3.63, 3.8) is 0 Å². The number of nitrogens with zero attached hydrogens (tertiary/aromatic N) is 1. The van der Waals surface area contributed by atoms with Crippen LogP contribution in [-0.2, 0) is 4.79 Å². The van der Waals surface area contributed by atoms with Gasteiger partial charge in [-0.1, -0.05) is 0 Å². The number of pyridine rings is 1. The smallest absolute Gasteiger partial charge is 0.405 e. The summed E-state index contributed by atoms with van der Waals surface area (Å²) in [5.41, 5.74) is -0.00283. The van der Waals surface area contributed by atoms with Crippen LogP contribution in [0.15, 0.2) is 18.3 Å². The van der Waals surface area contributed by atoms with Gasteiger partial charge in [0.2, 0.25) is 0 Å². The molecule has 80 valence electrons. The van der Waals surface area contributed by atoms with Gasteiger partial charge in [0.05, 0.1) is 0 Å². The summed E-state index contributed by atoms with van der Waals surface area (Å²) < 4.78 is 25.5. The summed E-state index contributed by atoms with van der Waals surface area (Å²) in [7, 11) is 0. The molecule has 1 aromatic heterocycles. The van der Waals surface area contributed by atoms with E-state index in [0.29, 0.717) is 5.56 Å². The van der Waals surface area contributed by atoms with Crippen LogP contribution in [0.2, 0.25) is 0 Å². The number of carboxylic acid groups (broad SMARTS) is 1. The fourth-order valence-corrected chi connectivity index (χ4v) is 0.918. The number of hydrogen-bond donors (Lipinski definition) is 1. The second kappa shape index (κ2) is 3.72. The number of rotatable bonds is 3. The highest BCUT2D eigenvalue weighted by Gasteiger charge is 2.48. The quantitative estimate of drug-likeness (QED) is 0.609. The molecule has 4 nitrogen and oxygen atoms in total. The molecular formula is C9H7F2NO3. The molecular weight excluding hydrogens is 208 g/mol. The first-order valence-corrected chi connectivity index (χ1v) is 3.94. The van der Waals surface area contributed by atoms with Crippen LogP contribution in [0.3, 0.4) is 0 Å². The zero-order valence-corrected chi connectivity index (χ0v) is 7.70. The lowest BCUT2D eigenvalue weighted by Crippen LogP contribution is -2.38. The van der Waals surface area contributed by atoms with Gasteiger partial charge in [-0.3, -0.25) is 9.78 Å². The van der Waals surface area contributed by atoms with Crippen molar-refractivity contribution in [2.75, 3.05) is 0 Å². The third-order valence-electron chi connectivity index (χ3n) is 1.70. The van der Waals surface area contributed by atoms with Gasteiger partial charge < -0.3 is 5.11 Å². The molecule has 15 heavy (non-hydrogen) atoms. The lowest BCUT2D eigenvalue weighted by Gasteiger charge is -2.08. The molecule has 0 atom stereocenters. The second-order valence-corrected chi connectivity index (χ2v) is 2.93. The molecule has 0 saturated heterocycles. The summed E-state index contributed by atoms with van der Waals surface area (Å²) in [5.74, 6) is -8.71. The Morgan fingerprint density at radius 2 is 2.07 bits per heavy atom. The number of carbonyl (C=O) groups excluding carboxylic acids is 1. The number of aliphatic carboxylic acids is 1. The van der Waals surface area contributed by atoms with Crippen molar-refractivity contribution in [1.29, 1.82) is 0 Å². The Bertz CT molecular complexity index is 418.